The summed E-state index contributed by atoms with van der Waals surface area (Å²) < 4.78 is 6.74. The van der Waals surface area contributed by atoms with Crippen LogP contribution < -0.4 is 16.0 Å². The normalized spacial score (nSPS) is 11.2. The second kappa shape index (κ2) is 8.09. The molecule has 7 nitrogen and oxygen atoms in total. The van der Waals surface area contributed by atoms with Gasteiger partial charge < -0.3 is 20.4 Å². The fraction of sp³-hybridized carbons (Fsp3) is 0.300. The topological polar surface area (TPSA) is 93.3 Å². The molecule has 1 aromatic carbocycles. The maximum atomic E-state index is 12.4. The number of primary amides is 1. The number of aromatic nitrogens is 2. The van der Waals surface area contributed by atoms with Gasteiger partial charge in [0.1, 0.15) is 12.4 Å². The van der Waals surface area contributed by atoms with Crippen molar-refractivity contribution in [3.8, 4) is 17.0 Å². The number of likely N-dealkylation sites (N-methyl/N-ethyl adjacent to an activating group) is 1. The highest BCUT2D eigenvalue weighted by Gasteiger charge is 2.11. The molecule has 2 aromatic heterocycles. The lowest BCUT2D eigenvalue weighted by Gasteiger charge is -2.17. The number of nitrogens with zero attached hydrogens (tertiary/aromatic N) is 2. The molecule has 142 valence electrons. The number of nitrogens with one attached hydrogen (secondary N) is 1. The number of hydrogen-bond acceptors (Lipinski definition) is 4. The molecule has 0 atom stereocenters. The highest BCUT2D eigenvalue weighted by atomic mass is 16.5. The maximum absolute atomic E-state index is 12.4. The number of ether oxygens (including phenoxy) is 1. The molecule has 0 aliphatic rings. The highest BCUT2D eigenvalue weighted by Crippen LogP contribution is 2.25. The SMILES string of the molecule is CCN(CC)CCOc1ccc2cc(-c3cccn(C(N)=O)c3=O)[nH]c2c1. The molecule has 3 N–H and O–H groups in total. The van der Waals surface area contributed by atoms with E-state index in [-0.39, 0.29) is 0 Å². The van der Waals surface area contributed by atoms with Crippen LogP contribution in [0.15, 0.2) is 47.4 Å². The second-order valence-corrected chi connectivity index (χ2v) is 6.24. The number of amides is 1. The summed E-state index contributed by atoms with van der Waals surface area (Å²) in [5.41, 5.74) is 6.66. The van der Waals surface area contributed by atoms with Crippen molar-refractivity contribution in [1.29, 1.82) is 0 Å². The van der Waals surface area contributed by atoms with Gasteiger partial charge in [0, 0.05) is 29.7 Å². The van der Waals surface area contributed by atoms with Crippen LogP contribution in [0.5, 0.6) is 5.75 Å². The minimum absolute atomic E-state index is 0.386. The smallest absolute Gasteiger partial charge is 0.325 e. The molecule has 1 amide bonds. The van der Waals surface area contributed by atoms with Crippen molar-refractivity contribution in [3.63, 3.8) is 0 Å². The average molecular weight is 368 g/mol. The standard InChI is InChI=1S/C20H24N4O3/c1-3-23(4-2)10-11-27-15-8-7-14-12-18(22-17(14)13-15)16-6-5-9-24(19(16)25)20(21)26/h5-9,12-13,22H,3-4,10-11H2,1-2H3,(H2,21,26). The van der Waals surface area contributed by atoms with E-state index in [0.29, 0.717) is 17.9 Å². The first-order valence-electron chi connectivity index (χ1n) is 9.03. The number of fused-ring (bicyclic) bond motifs is 1. The van der Waals surface area contributed by atoms with Crippen molar-refractivity contribution in [1.82, 2.24) is 14.5 Å². The molecular formula is C20H24N4O3. The lowest BCUT2D eigenvalue weighted by Crippen LogP contribution is -2.31. The van der Waals surface area contributed by atoms with Crippen molar-refractivity contribution < 1.29 is 9.53 Å². The molecule has 0 aliphatic heterocycles. The predicted molar refractivity (Wildman–Crippen MR) is 106 cm³/mol. The zero-order valence-electron chi connectivity index (χ0n) is 15.6. The zero-order chi connectivity index (χ0) is 19.4. The van der Waals surface area contributed by atoms with Gasteiger partial charge in [-0.25, -0.2) is 9.36 Å². The quantitative estimate of drug-likeness (QED) is 0.670. The lowest BCUT2D eigenvalue weighted by molar-refractivity contribution is 0.223. The van der Waals surface area contributed by atoms with Crippen molar-refractivity contribution in [3.05, 3.63) is 52.9 Å². The molecule has 2 heterocycles. The largest absolute Gasteiger partial charge is 0.492 e. The van der Waals surface area contributed by atoms with Gasteiger partial charge in [0.05, 0.1) is 11.3 Å². The summed E-state index contributed by atoms with van der Waals surface area (Å²) in [6.07, 6.45) is 1.36. The Labute approximate surface area is 157 Å². The minimum Gasteiger partial charge on any atom is -0.492 e. The Hall–Kier alpha value is -3.06. The third-order valence-electron chi connectivity index (χ3n) is 4.64. The van der Waals surface area contributed by atoms with Gasteiger partial charge in [-0.15, -0.1) is 0 Å². The van der Waals surface area contributed by atoms with Gasteiger partial charge >= 0.3 is 6.03 Å². The molecule has 0 spiro atoms. The second-order valence-electron chi connectivity index (χ2n) is 6.24. The molecule has 0 aliphatic carbocycles. The molecular weight excluding hydrogens is 344 g/mol. The first-order valence-corrected chi connectivity index (χ1v) is 9.03. The van der Waals surface area contributed by atoms with Crippen LogP contribution in [0.2, 0.25) is 0 Å². The van der Waals surface area contributed by atoms with Crippen LogP contribution in [0.1, 0.15) is 13.8 Å². The van der Waals surface area contributed by atoms with E-state index in [9.17, 15) is 9.59 Å². The fourth-order valence-electron chi connectivity index (χ4n) is 3.05. The van der Waals surface area contributed by atoms with Crippen LogP contribution in [0.3, 0.4) is 0 Å². The Morgan fingerprint density at radius 3 is 2.70 bits per heavy atom. The summed E-state index contributed by atoms with van der Waals surface area (Å²) in [4.78, 5) is 29.3. The van der Waals surface area contributed by atoms with E-state index in [1.807, 2.05) is 24.3 Å². The monoisotopic (exact) mass is 368 g/mol. The number of rotatable bonds is 7. The van der Waals surface area contributed by atoms with Gasteiger partial charge in [-0.05, 0) is 43.4 Å². The number of aromatic amines is 1. The van der Waals surface area contributed by atoms with Crippen molar-refractivity contribution >= 4 is 16.9 Å². The molecule has 0 radical (unpaired) electrons. The molecule has 3 rings (SSSR count). The molecule has 0 unspecified atom stereocenters. The maximum Gasteiger partial charge on any atom is 0.325 e. The van der Waals surface area contributed by atoms with Crippen LogP contribution in [0.25, 0.3) is 22.2 Å². The first kappa shape index (κ1) is 18.7. The summed E-state index contributed by atoms with van der Waals surface area (Å²) in [6.45, 7) is 7.75. The molecule has 0 fully saturated rings. The Kier molecular flexibility index (Phi) is 5.61. The van der Waals surface area contributed by atoms with Crippen molar-refractivity contribution in [2.45, 2.75) is 13.8 Å². The zero-order valence-corrected chi connectivity index (χ0v) is 15.6. The van der Waals surface area contributed by atoms with Crippen LogP contribution in [0, 0.1) is 0 Å². The lowest BCUT2D eigenvalue weighted by atomic mass is 10.2. The number of pyridine rings is 1. The number of benzene rings is 1. The van der Waals surface area contributed by atoms with E-state index < -0.39 is 11.6 Å². The minimum atomic E-state index is -0.804. The summed E-state index contributed by atoms with van der Waals surface area (Å²) in [5, 5.41) is 0.954. The fourth-order valence-corrected chi connectivity index (χ4v) is 3.05. The average Bonchev–Trinajstić information content (AvgIpc) is 3.08. The molecule has 0 bridgehead atoms. The van der Waals surface area contributed by atoms with Gasteiger partial charge in [-0.1, -0.05) is 13.8 Å². The Bertz CT molecular complexity index is 1000. The van der Waals surface area contributed by atoms with E-state index >= 15 is 0 Å². The third kappa shape index (κ3) is 4.03. The first-order chi connectivity index (χ1) is 13.0. The number of hydrogen-bond donors (Lipinski definition) is 2. The molecule has 27 heavy (non-hydrogen) atoms. The van der Waals surface area contributed by atoms with E-state index in [0.717, 1.165) is 40.9 Å². The number of nitrogens with two attached hydrogens (primary N) is 1. The predicted octanol–water partition coefficient (Wildman–Crippen LogP) is 2.64. The van der Waals surface area contributed by atoms with E-state index in [1.165, 1.54) is 6.20 Å². The van der Waals surface area contributed by atoms with Gasteiger partial charge in [-0.3, -0.25) is 4.79 Å². The summed E-state index contributed by atoms with van der Waals surface area (Å²) in [7, 11) is 0. The van der Waals surface area contributed by atoms with Gasteiger partial charge in [0.25, 0.3) is 5.56 Å². The number of carbonyl (C=O) groups excluding carboxylic acids is 1. The molecule has 3 aromatic rings. The third-order valence-corrected chi connectivity index (χ3v) is 4.64. The Balaban J connectivity index is 1.83. The molecule has 0 saturated heterocycles. The van der Waals surface area contributed by atoms with Gasteiger partial charge in [0.15, 0.2) is 0 Å². The Morgan fingerprint density at radius 2 is 2.00 bits per heavy atom. The molecule has 0 saturated carbocycles. The van der Waals surface area contributed by atoms with Crippen LogP contribution in [-0.4, -0.2) is 46.7 Å². The highest BCUT2D eigenvalue weighted by molar-refractivity contribution is 5.87. The number of H-pyrrole nitrogens is 1. The summed E-state index contributed by atoms with van der Waals surface area (Å²) in [5.74, 6) is 0.769. The van der Waals surface area contributed by atoms with Gasteiger partial charge in [0.2, 0.25) is 0 Å². The van der Waals surface area contributed by atoms with E-state index in [1.54, 1.807) is 12.1 Å². The van der Waals surface area contributed by atoms with Crippen molar-refractivity contribution in [2.75, 3.05) is 26.2 Å². The van der Waals surface area contributed by atoms with Gasteiger partial charge in [-0.2, -0.15) is 0 Å². The summed E-state index contributed by atoms with van der Waals surface area (Å²) >= 11 is 0. The molecule has 7 heteroatoms. The van der Waals surface area contributed by atoms with Crippen LogP contribution in [-0.2, 0) is 0 Å². The van der Waals surface area contributed by atoms with E-state index in [4.69, 9.17) is 10.5 Å². The van der Waals surface area contributed by atoms with E-state index in [2.05, 4.69) is 23.7 Å². The van der Waals surface area contributed by atoms with Crippen molar-refractivity contribution in [2.24, 2.45) is 5.73 Å². The van der Waals surface area contributed by atoms with Crippen LogP contribution in [0.4, 0.5) is 4.79 Å². The Morgan fingerprint density at radius 1 is 1.22 bits per heavy atom. The summed E-state index contributed by atoms with van der Waals surface area (Å²) in [6, 6.07) is 10.1. The van der Waals surface area contributed by atoms with Crippen LogP contribution >= 0.6 is 0 Å². The number of carbonyl (C=O) groups is 1.